The fourth-order valence-electron chi connectivity index (χ4n) is 0.382. The van der Waals surface area contributed by atoms with Gasteiger partial charge >= 0.3 is 7.12 Å². The average Bonchev–Trinajstić information content (AvgIpc) is 1.80. The first-order valence-electron chi connectivity index (χ1n) is 2.74. The Hall–Kier alpha value is -0.605. The number of hydrogen-bond donors (Lipinski definition) is 2. The van der Waals surface area contributed by atoms with E-state index < -0.39 is 7.12 Å². The van der Waals surface area contributed by atoms with E-state index in [9.17, 15) is 4.79 Å². The smallest absolute Gasteiger partial charge is 0.424 e. The second-order valence-electron chi connectivity index (χ2n) is 1.59. The molecule has 0 atom stereocenters. The van der Waals surface area contributed by atoms with Crippen LogP contribution in [-0.2, 0) is 4.79 Å². The van der Waals surface area contributed by atoms with Gasteiger partial charge in [-0.25, -0.2) is 0 Å². The van der Waals surface area contributed by atoms with Gasteiger partial charge in [0.05, 0.1) is 0 Å². The first-order chi connectivity index (χ1) is 4.27. The second kappa shape index (κ2) is 5.53. The van der Waals surface area contributed by atoms with Crippen molar-refractivity contribution in [3.05, 3.63) is 12.1 Å². The molecule has 0 rings (SSSR count). The van der Waals surface area contributed by atoms with Crippen LogP contribution in [0.2, 0.25) is 0 Å². The van der Waals surface area contributed by atoms with Crippen LogP contribution in [0, 0.1) is 0 Å². The van der Waals surface area contributed by atoms with E-state index in [-0.39, 0.29) is 0 Å². The molecule has 0 saturated heterocycles. The summed E-state index contributed by atoms with van der Waals surface area (Å²) in [7, 11) is -1.39. The van der Waals surface area contributed by atoms with Crippen LogP contribution in [0.25, 0.3) is 0 Å². The average molecular weight is 128 g/mol. The quantitative estimate of drug-likeness (QED) is 0.305. The van der Waals surface area contributed by atoms with Crippen LogP contribution in [0.15, 0.2) is 12.1 Å². The zero-order chi connectivity index (χ0) is 7.11. The summed E-state index contributed by atoms with van der Waals surface area (Å²) in [5.41, 5.74) is 0. The molecule has 0 aromatic rings. The van der Waals surface area contributed by atoms with E-state index in [1.807, 2.05) is 0 Å². The summed E-state index contributed by atoms with van der Waals surface area (Å²) in [5, 5.41) is 16.5. The van der Waals surface area contributed by atoms with Crippen LogP contribution in [0.5, 0.6) is 0 Å². The number of allylic oxidation sites excluding steroid dienone is 1. The zero-order valence-electron chi connectivity index (χ0n) is 5.03. The lowest BCUT2D eigenvalue weighted by Gasteiger charge is -1.84. The fourth-order valence-corrected chi connectivity index (χ4v) is 0.382. The van der Waals surface area contributed by atoms with Crippen molar-refractivity contribution in [1.29, 1.82) is 0 Å². The molecule has 0 fully saturated rings. The van der Waals surface area contributed by atoms with Crippen molar-refractivity contribution in [3.63, 3.8) is 0 Å². The molecule has 0 amide bonds. The van der Waals surface area contributed by atoms with Crippen molar-refractivity contribution in [2.24, 2.45) is 0 Å². The molecule has 4 heteroatoms. The summed E-state index contributed by atoms with van der Waals surface area (Å²) in [6.45, 7) is 0. The molecule has 0 unspecified atom stereocenters. The first kappa shape index (κ1) is 8.39. The second-order valence-corrected chi connectivity index (χ2v) is 1.59. The summed E-state index contributed by atoms with van der Waals surface area (Å²) in [5.74, 6) is 1.23. The molecule has 0 aromatic heterocycles. The van der Waals surface area contributed by atoms with Crippen molar-refractivity contribution < 1.29 is 14.8 Å². The molecule has 50 valence electrons. The molecular weight excluding hydrogens is 119 g/mol. The molecular formula is C5H9BO3. The van der Waals surface area contributed by atoms with Crippen molar-refractivity contribution in [3.8, 4) is 0 Å². The van der Waals surface area contributed by atoms with Gasteiger partial charge in [-0.15, -0.1) is 0 Å². The van der Waals surface area contributed by atoms with E-state index >= 15 is 0 Å². The SMILES string of the molecule is O=CCC/C=C/B(O)O. The van der Waals surface area contributed by atoms with Gasteiger partial charge in [0.2, 0.25) is 0 Å². The third-order valence-corrected chi connectivity index (χ3v) is 0.759. The molecule has 0 heterocycles. The molecule has 0 aromatic carbocycles. The normalized spacial score (nSPS) is 10.0. The van der Waals surface area contributed by atoms with E-state index in [4.69, 9.17) is 10.0 Å². The van der Waals surface area contributed by atoms with Crippen molar-refractivity contribution in [2.45, 2.75) is 12.8 Å². The Labute approximate surface area is 54.2 Å². The first-order valence-corrected chi connectivity index (χ1v) is 2.74. The van der Waals surface area contributed by atoms with Crippen LogP contribution >= 0.6 is 0 Å². The highest BCUT2D eigenvalue weighted by Crippen LogP contribution is 1.86. The predicted molar refractivity (Wildman–Crippen MR) is 34.6 cm³/mol. The summed E-state index contributed by atoms with van der Waals surface area (Å²) in [6, 6.07) is 0. The topological polar surface area (TPSA) is 57.5 Å². The summed E-state index contributed by atoms with van der Waals surface area (Å²) in [4.78, 5) is 9.69. The molecule has 0 aliphatic heterocycles. The standard InChI is InChI=1S/C5H9BO3/c7-5-3-1-2-4-6(8)9/h2,4-5,8-9H,1,3H2/b4-2+. The Balaban J connectivity index is 3.14. The van der Waals surface area contributed by atoms with Gasteiger partial charge in [-0.1, -0.05) is 12.1 Å². The van der Waals surface area contributed by atoms with E-state index in [0.29, 0.717) is 12.8 Å². The van der Waals surface area contributed by atoms with Gasteiger partial charge in [0.15, 0.2) is 0 Å². The maximum atomic E-state index is 9.69. The van der Waals surface area contributed by atoms with E-state index in [1.54, 1.807) is 6.08 Å². The number of carbonyl (C=O) groups is 1. The number of rotatable bonds is 4. The maximum Gasteiger partial charge on any atom is 0.480 e. The lowest BCUT2D eigenvalue weighted by Crippen LogP contribution is -2.05. The lowest BCUT2D eigenvalue weighted by molar-refractivity contribution is -0.107. The molecule has 0 saturated carbocycles. The van der Waals surface area contributed by atoms with Gasteiger partial charge in [0.1, 0.15) is 6.29 Å². The van der Waals surface area contributed by atoms with Crippen molar-refractivity contribution in [1.82, 2.24) is 0 Å². The van der Waals surface area contributed by atoms with Crippen LogP contribution in [0.1, 0.15) is 12.8 Å². The van der Waals surface area contributed by atoms with Gasteiger partial charge in [0.25, 0.3) is 0 Å². The molecule has 2 N–H and O–H groups in total. The minimum atomic E-state index is -1.39. The zero-order valence-corrected chi connectivity index (χ0v) is 5.03. The van der Waals surface area contributed by atoms with Crippen molar-refractivity contribution >= 4 is 13.4 Å². The lowest BCUT2D eigenvalue weighted by atomic mass is 9.91. The number of carbonyl (C=O) groups excluding carboxylic acids is 1. The highest BCUT2D eigenvalue weighted by molar-refractivity contribution is 6.47. The highest BCUT2D eigenvalue weighted by Gasteiger charge is 1.95. The Bertz CT molecular complexity index is 100. The minimum absolute atomic E-state index is 0.434. The van der Waals surface area contributed by atoms with Gasteiger partial charge in [-0.3, -0.25) is 0 Å². The van der Waals surface area contributed by atoms with Gasteiger partial charge in [0, 0.05) is 6.42 Å². The van der Waals surface area contributed by atoms with Gasteiger partial charge in [-0.2, -0.15) is 0 Å². The molecule has 9 heavy (non-hydrogen) atoms. The third-order valence-electron chi connectivity index (χ3n) is 0.759. The molecule has 0 spiro atoms. The molecule has 0 radical (unpaired) electrons. The van der Waals surface area contributed by atoms with Crippen molar-refractivity contribution in [2.75, 3.05) is 0 Å². The maximum absolute atomic E-state index is 9.69. The Kier molecular flexibility index (Phi) is 5.16. The fraction of sp³-hybridized carbons (Fsp3) is 0.400. The van der Waals surface area contributed by atoms with E-state index in [0.717, 1.165) is 6.29 Å². The summed E-state index contributed by atoms with van der Waals surface area (Å²) < 4.78 is 0. The van der Waals surface area contributed by atoms with Gasteiger partial charge < -0.3 is 14.8 Å². The van der Waals surface area contributed by atoms with E-state index in [2.05, 4.69) is 0 Å². The van der Waals surface area contributed by atoms with Crippen LogP contribution in [-0.4, -0.2) is 23.5 Å². The Morgan fingerprint density at radius 1 is 1.33 bits per heavy atom. The highest BCUT2D eigenvalue weighted by atomic mass is 16.4. The third kappa shape index (κ3) is 7.39. The number of aldehydes is 1. The Morgan fingerprint density at radius 2 is 2.00 bits per heavy atom. The van der Waals surface area contributed by atoms with Crippen LogP contribution in [0.4, 0.5) is 0 Å². The number of hydrogen-bond acceptors (Lipinski definition) is 3. The van der Waals surface area contributed by atoms with Crippen LogP contribution in [0.3, 0.4) is 0 Å². The molecule has 0 bridgehead atoms. The summed E-state index contributed by atoms with van der Waals surface area (Å²) in [6.07, 6.45) is 3.34. The molecule has 0 aliphatic rings. The van der Waals surface area contributed by atoms with Crippen LogP contribution < -0.4 is 0 Å². The Morgan fingerprint density at radius 3 is 2.44 bits per heavy atom. The van der Waals surface area contributed by atoms with Gasteiger partial charge in [-0.05, 0) is 6.42 Å². The summed E-state index contributed by atoms with van der Waals surface area (Å²) >= 11 is 0. The monoisotopic (exact) mass is 128 g/mol. The predicted octanol–water partition coefficient (Wildman–Crippen LogP) is -0.466. The number of unbranched alkanes of at least 4 members (excludes halogenated alkanes) is 1. The largest absolute Gasteiger partial charge is 0.480 e. The molecule has 3 nitrogen and oxygen atoms in total. The van der Waals surface area contributed by atoms with E-state index in [1.165, 1.54) is 5.98 Å². The molecule has 0 aliphatic carbocycles. The minimum Gasteiger partial charge on any atom is -0.424 e.